The molecule has 0 spiro atoms. The van der Waals surface area contributed by atoms with Crippen molar-refractivity contribution in [2.24, 2.45) is 0 Å². The van der Waals surface area contributed by atoms with Gasteiger partial charge < -0.3 is 10.1 Å². The van der Waals surface area contributed by atoms with Gasteiger partial charge in [0.25, 0.3) is 5.91 Å². The zero-order valence-electron chi connectivity index (χ0n) is 8.73. The molecule has 7 heteroatoms. The van der Waals surface area contributed by atoms with E-state index in [1.807, 2.05) is 0 Å². The third-order valence-electron chi connectivity index (χ3n) is 1.77. The van der Waals surface area contributed by atoms with Crippen molar-refractivity contribution in [1.29, 1.82) is 0 Å². The van der Waals surface area contributed by atoms with Crippen LogP contribution >= 0.6 is 11.6 Å². The van der Waals surface area contributed by atoms with Crippen LogP contribution in [0.3, 0.4) is 0 Å². The Morgan fingerprint density at radius 1 is 1.44 bits per heavy atom. The van der Waals surface area contributed by atoms with Crippen LogP contribution in [0.5, 0.6) is 0 Å². The summed E-state index contributed by atoms with van der Waals surface area (Å²) in [6.07, 6.45) is 0. The Balaban J connectivity index is 2.65. The number of hydrogen-bond acceptors (Lipinski definition) is 5. The molecule has 0 radical (unpaired) electrons. The fraction of sp³-hybridized carbons (Fsp3) is 0.333. The number of aromatic nitrogens is 2. The van der Waals surface area contributed by atoms with Crippen molar-refractivity contribution >= 4 is 23.5 Å². The second-order valence-corrected chi connectivity index (χ2v) is 3.35. The Morgan fingerprint density at radius 2 is 2.12 bits per heavy atom. The minimum Gasteiger partial charge on any atom is -0.467 e. The van der Waals surface area contributed by atoms with Crippen molar-refractivity contribution in [1.82, 2.24) is 15.5 Å². The molecule has 1 amide bonds. The molecule has 0 aliphatic rings. The lowest BCUT2D eigenvalue weighted by molar-refractivity contribution is -0.142. The number of nitrogens with zero attached hydrogens (tertiary/aromatic N) is 2. The molecule has 0 aliphatic heterocycles. The number of carbonyl (C=O) groups is 2. The minimum absolute atomic E-state index is 0.0835. The fourth-order valence-electron chi connectivity index (χ4n) is 0.943. The first kappa shape index (κ1) is 12.4. The third-order valence-corrected chi connectivity index (χ3v) is 1.97. The van der Waals surface area contributed by atoms with E-state index in [-0.39, 0.29) is 10.8 Å². The van der Waals surface area contributed by atoms with Crippen molar-refractivity contribution in [3.05, 3.63) is 23.0 Å². The predicted molar refractivity (Wildman–Crippen MR) is 56.0 cm³/mol. The largest absolute Gasteiger partial charge is 0.467 e. The Kier molecular flexibility index (Phi) is 4.19. The average Bonchev–Trinajstić information content (AvgIpc) is 2.28. The van der Waals surface area contributed by atoms with Crippen molar-refractivity contribution in [2.45, 2.75) is 13.0 Å². The number of hydrogen-bond donors (Lipinski definition) is 1. The van der Waals surface area contributed by atoms with Gasteiger partial charge in [-0.15, -0.1) is 10.2 Å². The summed E-state index contributed by atoms with van der Waals surface area (Å²) in [4.78, 5) is 22.6. The summed E-state index contributed by atoms with van der Waals surface area (Å²) in [6.45, 7) is 1.51. The minimum atomic E-state index is -0.741. The Labute approximate surface area is 97.0 Å². The van der Waals surface area contributed by atoms with Crippen molar-refractivity contribution in [2.75, 3.05) is 7.11 Å². The number of amides is 1. The standard InChI is InChI=1S/C9H10ClN3O3/c1-5(9(15)16-2)11-8(14)6-3-4-7(10)13-12-6/h3-5H,1-2H3,(H,11,14). The van der Waals surface area contributed by atoms with E-state index in [0.717, 1.165) is 0 Å². The normalized spacial score (nSPS) is 11.7. The highest BCUT2D eigenvalue weighted by atomic mass is 35.5. The lowest BCUT2D eigenvalue weighted by atomic mass is 10.3. The van der Waals surface area contributed by atoms with Gasteiger partial charge in [-0.1, -0.05) is 11.6 Å². The van der Waals surface area contributed by atoms with E-state index in [1.54, 1.807) is 0 Å². The molecule has 0 aliphatic carbocycles. The van der Waals surface area contributed by atoms with Crippen molar-refractivity contribution in [3.63, 3.8) is 0 Å². The Morgan fingerprint density at radius 3 is 2.62 bits per heavy atom. The van der Waals surface area contributed by atoms with Gasteiger partial charge >= 0.3 is 5.97 Å². The number of esters is 1. The molecule has 0 fully saturated rings. The highest BCUT2D eigenvalue weighted by Crippen LogP contribution is 2.02. The van der Waals surface area contributed by atoms with E-state index in [0.29, 0.717) is 0 Å². The highest BCUT2D eigenvalue weighted by molar-refractivity contribution is 6.29. The Bertz CT molecular complexity index is 393. The third kappa shape index (κ3) is 3.16. The van der Waals surface area contributed by atoms with E-state index >= 15 is 0 Å². The van der Waals surface area contributed by atoms with Gasteiger partial charge in [0, 0.05) is 0 Å². The van der Waals surface area contributed by atoms with E-state index in [1.165, 1.54) is 26.2 Å². The van der Waals surface area contributed by atoms with Crippen molar-refractivity contribution in [3.8, 4) is 0 Å². The first-order chi connectivity index (χ1) is 7.54. The molecule has 16 heavy (non-hydrogen) atoms. The first-order valence-electron chi connectivity index (χ1n) is 4.42. The molecule has 6 nitrogen and oxygen atoms in total. The van der Waals surface area contributed by atoms with Crippen LogP contribution in [-0.4, -0.2) is 35.2 Å². The van der Waals surface area contributed by atoms with Crippen LogP contribution in [0.25, 0.3) is 0 Å². The summed E-state index contributed by atoms with van der Waals surface area (Å²) in [6, 6.07) is 2.11. The number of halogens is 1. The molecule has 1 aromatic rings. The topological polar surface area (TPSA) is 81.2 Å². The lowest BCUT2D eigenvalue weighted by Crippen LogP contribution is -2.39. The zero-order chi connectivity index (χ0) is 12.1. The lowest BCUT2D eigenvalue weighted by Gasteiger charge is -2.10. The van der Waals surface area contributed by atoms with Gasteiger partial charge in [0.05, 0.1) is 7.11 Å². The van der Waals surface area contributed by atoms with Crippen LogP contribution in [0.4, 0.5) is 0 Å². The van der Waals surface area contributed by atoms with Gasteiger partial charge in [-0.3, -0.25) is 4.79 Å². The van der Waals surface area contributed by atoms with Gasteiger partial charge in [0.1, 0.15) is 6.04 Å². The molecule has 1 unspecified atom stereocenters. The smallest absolute Gasteiger partial charge is 0.328 e. The predicted octanol–water partition coefficient (Wildman–Crippen LogP) is 0.421. The maximum atomic E-state index is 11.5. The monoisotopic (exact) mass is 243 g/mol. The molecule has 1 heterocycles. The van der Waals surface area contributed by atoms with Gasteiger partial charge in [0.15, 0.2) is 10.8 Å². The second-order valence-electron chi connectivity index (χ2n) is 2.96. The number of nitrogens with one attached hydrogen (secondary N) is 1. The maximum absolute atomic E-state index is 11.5. The first-order valence-corrected chi connectivity index (χ1v) is 4.80. The van der Waals surface area contributed by atoms with Crippen LogP contribution in [0.15, 0.2) is 12.1 Å². The van der Waals surface area contributed by atoms with E-state index in [2.05, 4.69) is 20.3 Å². The van der Waals surface area contributed by atoms with Crippen LogP contribution < -0.4 is 5.32 Å². The zero-order valence-corrected chi connectivity index (χ0v) is 9.49. The van der Waals surface area contributed by atoms with Crippen LogP contribution in [0.1, 0.15) is 17.4 Å². The molecular formula is C9H10ClN3O3. The molecular weight excluding hydrogens is 234 g/mol. The van der Waals surface area contributed by atoms with Gasteiger partial charge in [-0.05, 0) is 19.1 Å². The second kappa shape index (κ2) is 5.41. The van der Waals surface area contributed by atoms with Crippen LogP contribution in [0, 0.1) is 0 Å². The van der Waals surface area contributed by atoms with Crippen LogP contribution in [-0.2, 0) is 9.53 Å². The molecule has 86 valence electrons. The highest BCUT2D eigenvalue weighted by Gasteiger charge is 2.17. The van der Waals surface area contributed by atoms with E-state index in [4.69, 9.17) is 11.6 Å². The molecule has 0 aromatic carbocycles. The maximum Gasteiger partial charge on any atom is 0.328 e. The molecule has 1 atom stereocenters. The summed E-state index contributed by atoms with van der Waals surface area (Å²) < 4.78 is 4.46. The van der Waals surface area contributed by atoms with E-state index in [9.17, 15) is 9.59 Å². The summed E-state index contributed by atoms with van der Waals surface area (Å²) >= 11 is 5.52. The molecule has 1 rings (SSSR count). The van der Waals surface area contributed by atoms with Gasteiger partial charge in [-0.2, -0.15) is 0 Å². The molecule has 1 aromatic heterocycles. The summed E-state index contributed by atoms with van der Waals surface area (Å²) in [5.74, 6) is -1.04. The summed E-state index contributed by atoms with van der Waals surface area (Å²) in [7, 11) is 1.24. The molecule has 0 bridgehead atoms. The fourth-order valence-corrected chi connectivity index (χ4v) is 1.04. The summed E-state index contributed by atoms with van der Waals surface area (Å²) in [5, 5.41) is 9.68. The molecule has 1 N–H and O–H groups in total. The molecule has 0 saturated carbocycles. The van der Waals surface area contributed by atoms with E-state index < -0.39 is 17.9 Å². The number of carbonyl (C=O) groups excluding carboxylic acids is 2. The van der Waals surface area contributed by atoms with Gasteiger partial charge in [-0.25, -0.2) is 4.79 Å². The van der Waals surface area contributed by atoms with Crippen LogP contribution in [0.2, 0.25) is 5.15 Å². The number of rotatable bonds is 3. The summed E-state index contributed by atoms with van der Waals surface area (Å²) in [5.41, 5.74) is 0.0835. The Hall–Kier alpha value is -1.69. The number of methoxy groups -OCH3 is 1. The number of ether oxygens (including phenoxy) is 1. The quantitative estimate of drug-likeness (QED) is 0.779. The SMILES string of the molecule is COC(=O)C(C)NC(=O)c1ccc(Cl)nn1. The van der Waals surface area contributed by atoms with Gasteiger partial charge in [0.2, 0.25) is 0 Å². The molecule has 0 saturated heterocycles. The average molecular weight is 244 g/mol. The van der Waals surface area contributed by atoms with Crippen molar-refractivity contribution < 1.29 is 14.3 Å².